The Morgan fingerprint density at radius 2 is 2.00 bits per heavy atom. The van der Waals surface area contributed by atoms with E-state index in [0.29, 0.717) is 6.42 Å². The molecule has 0 spiro atoms. The quantitative estimate of drug-likeness (QED) is 0.686. The minimum Gasteiger partial charge on any atom is -0.480 e. The first-order valence-corrected chi connectivity index (χ1v) is 5.23. The summed E-state index contributed by atoms with van der Waals surface area (Å²) in [5.41, 5.74) is 4.90. The van der Waals surface area contributed by atoms with Gasteiger partial charge in [0.15, 0.2) is 0 Å². The molecule has 2 atom stereocenters. The van der Waals surface area contributed by atoms with Crippen LogP contribution in [0.3, 0.4) is 0 Å². The summed E-state index contributed by atoms with van der Waals surface area (Å²) in [6, 6.07) is 0.975. The number of carboxylic acid groups (broad SMARTS) is 2. The predicted molar refractivity (Wildman–Crippen MR) is 60.6 cm³/mol. The fraction of sp³-hybridized carbons (Fsp3) is 0.364. The van der Waals surface area contributed by atoms with Crippen LogP contribution in [0.4, 0.5) is 0 Å². The average molecular weight is 255 g/mol. The molecule has 7 nitrogen and oxygen atoms in total. The molecule has 0 saturated heterocycles. The summed E-state index contributed by atoms with van der Waals surface area (Å²) < 4.78 is 4.47. The van der Waals surface area contributed by atoms with E-state index >= 15 is 0 Å². The van der Waals surface area contributed by atoms with Crippen LogP contribution in [0.25, 0.3) is 0 Å². The first-order valence-electron chi connectivity index (χ1n) is 5.23. The van der Waals surface area contributed by atoms with E-state index in [1.165, 1.54) is 0 Å². The number of hydrogen-bond donors (Lipinski definition) is 3. The first-order chi connectivity index (χ1) is 8.36. The summed E-state index contributed by atoms with van der Waals surface area (Å²) in [6.45, 7) is 1.70. The molecule has 1 aromatic rings. The standard InChI is InChI=1S/C11H13NO6/c1-2-6(9(12)11(16)17)5-3-7(10(14)15)18-8(13)4-5/h3-4,6,9H,2,12H2,1H3,(H,14,15)(H,16,17). The molecular weight excluding hydrogens is 242 g/mol. The van der Waals surface area contributed by atoms with E-state index in [-0.39, 0.29) is 5.56 Å². The molecule has 0 amide bonds. The topological polar surface area (TPSA) is 131 Å². The second kappa shape index (κ2) is 5.46. The molecule has 98 valence electrons. The van der Waals surface area contributed by atoms with E-state index in [2.05, 4.69) is 4.42 Å². The van der Waals surface area contributed by atoms with Crippen LogP contribution in [0.2, 0.25) is 0 Å². The Kier molecular flexibility index (Phi) is 4.22. The van der Waals surface area contributed by atoms with Crippen LogP contribution in [0.5, 0.6) is 0 Å². The summed E-state index contributed by atoms with van der Waals surface area (Å²) in [6.07, 6.45) is 0.357. The highest BCUT2D eigenvalue weighted by atomic mass is 16.4. The van der Waals surface area contributed by atoms with Crippen LogP contribution in [-0.4, -0.2) is 28.2 Å². The number of rotatable bonds is 5. The molecule has 0 bridgehead atoms. The Morgan fingerprint density at radius 1 is 1.39 bits per heavy atom. The van der Waals surface area contributed by atoms with E-state index in [0.717, 1.165) is 12.1 Å². The van der Waals surface area contributed by atoms with E-state index < -0.39 is 35.3 Å². The van der Waals surface area contributed by atoms with Gasteiger partial charge in [-0.25, -0.2) is 9.59 Å². The molecule has 1 heterocycles. The van der Waals surface area contributed by atoms with Gasteiger partial charge in [-0.2, -0.15) is 0 Å². The Labute approximate surface area is 102 Å². The molecule has 0 aliphatic carbocycles. The minimum absolute atomic E-state index is 0.251. The van der Waals surface area contributed by atoms with Gasteiger partial charge in [-0.05, 0) is 18.1 Å². The smallest absolute Gasteiger partial charge is 0.371 e. The lowest BCUT2D eigenvalue weighted by Crippen LogP contribution is -2.36. The first kappa shape index (κ1) is 13.9. The molecule has 2 unspecified atom stereocenters. The molecule has 1 rings (SSSR count). The van der Waals surface area contributed by atoms with E-state index in [1.54, 1.807) is 6.92 Å². The molecule has 0 saturated carbocycles. The lowest BCUT2D eigenvalue weighted by molar-refractivity contribution is -0.139. The maximum Gasteiger partial charge on any atom is 0.371 e. The zero-order valence-corrected chi connectivity index (χ0v) is 9.62. The molecule has 1 aromatic heterocycles. The molecule has 4 N–H and O–H groups in total. The van der Waals surface area contributed by atoms with Crippen LogP contribution < -0.4 is 11.4 Å². The third kappa shape index (κ3) is 2.95. The Hall–Kier alpha value is -2.15. The highest BCUT2D eigenvalue weighted by Gasteiger charge is 2.26. The van der Waals surface area contributed by atoms with Crippen LogP contribution in [-0.2, 0) is 4.79 Å². The van der Waals surface area contributed by atoms with E-state index in [9.17, 15) is 14.4 Å². The van der Waals surface area contributed by atoms with Crippen molar-refractivity contribution in [1.29, 1.82) is 0 Å². The molecule has 0 radical (unpaired) electrons. The van der Waals surface area contributed by atoms with Crippen molar-refractivity contribution >= 4 is 11.9 Å². The fourth-order valence-electron chi connectivity index (χ4n) is 1.68. The maximum atomic E-state index is 11.2. The van der Waals surface area contributed by atoms with Gasteiger partial charge in [-0.3, -0.25) is 4.79 Å². The third-order valence-corrected chi connectivity index (χ3v) is 2.59. The SMILES string of the molecule is CCC(c1cc(C(=O)O)oc(=O)c1)C(N)C(=O)O. The van der Waals surface area contributed by atoms with Crippen molar-refractivity contribution in [3.8, 4) is 0 Å². The lowest BCUT2D eigenvalue weighted by Gasteiger charge is -2.19. The van der Waals surface area contributed by atoms with Crippen LogP contribution in [0, 0.1) is 0 Å². The highest BCUT2D eigenvalue weighted by molar-refractivity contribution is 5.84. The van der Waals surface area contributed by atoms with Gasteiger partial charge >= 0.3 is 17.6 Å². The Balaban J connectivity index is 3.25. The summed E-state index contributed by atoms with van der Waals surface area (Å²) >= 11 is 0. The summed E-state index contributed by atoms with van der Waals surface area (Å²) in [4.78, 5) is 32.8. The van der Waals surface area contributed by atoms with Gasteiger partial charge in [-0.15, -0.1) is 0 Å². The second-order valence-electron chi connectivity index (χ2n) is 3.76. The molecule has 0 fully saturated rings. The number of nitrogens with two attached hydrogens (primary N) is 1. The normalized spacial score (nSPS) is 13.9. The molecular formula is C11H13NO6. The van der Waals surface area contributed by atoms with Crippen molar-refractivity contribution in [3.63, 3.8) is 0 Å². The summed E-state index contributed by atoms with van der Waals surface area (Å²) in [5, 5.41) is 17.6. The second-order valence-corrected chi connectivity index (χ2v) is 3.76. The maximum absolute atomic E-state index is 11.2. The van der Waals surface area contributed by atoms with Crippen LogP contribution >= 0.6 is 0 Å². The predicted octanol–water partition coefficient (Wildman–Crippen LogP) is 0.244. The van der Waals surface area contributed by atoms with Gasteiger partial charge in [0.25, 0.3) is 0 Å². The number of aromatic carboxylic acids is 1. The molecule has 18 heavy (non-hydrogen) atoms. The van der Waals surface area contributed by atoms with Crippen molar-refractivity contribution in [2.75, 3.05) is 0 Å². The fourth-order valence-corrected chi connectivity index (χ4v) is 1.68. The zero-order chi connectivity index (χ0) is 13.9. The largest absolute Gasteiger partial charge is 0.480 e. The molecule has 0 aliphatic rings. The van der Waals surface area contributed by atoms with Crippen molar-refractivity contribution in [2.24, 2.45) is 5.73 Å². The van der Waals surface area contributed by atoms with Gasteiger partial charge in [-0.1, -0.05) is 6.92 Å². The summed E-state index contributed by atoms with van der Waals surface area (Å²) in [5.74, 6) is -3.79. The van der Waals surface area contributed by atoms with Gasteiger partial charge in [0.1, 0.15) is 6.04 Å². The minimum atomic E-state index is -1.40. The van der Waals surface area contributed by atoms with E-state index in [1.807, 2.05) is 0 Å². The molecule has 0 aromatic carbocycles. The average Bonchev–Trinajstić information content (AvgIpc) is 2.28. The highest BCUT2D eigenvalue weighted by Crippen LogP contribution is 2.22. The van der Waals surface area contributed by atoms with Crippen molar-refractivity contribution < 1.29 is 24.2 Å². The monoisotopic (exact) mass is 255 g/mol. The van der Waals surface area contributed by atoms with Crippen molar-refractivity contribution in [3.05, 3.63) is 33.9 Å². The number of aliphatic carboxylic acids is 1. The van der Waals surface area contributed by atoms with Gasteiger partial charge in [0.2, 0.25) is 5.76 Å². The van der Waals surface area contributed by atoms with Crippen LogP contribution in [0.15, 0.2) is 21.3 Å². The van der Waals surface area contributed by atoms with Gasteiger partial charge < -0.3 is 20.4 Å². The van der Waals surface area contributed by atoms with Crippen molar-refractivity contribution in [2.45, 2.75) is 25.3 Å². The number of carboxylic acids is 2. The summed E-state index contributed by atoms with van der Waals surface area (Å²) in [7, 11) is 0. The number of carbonyl (C=O) groups is 2. The molecule has 7 heteroatoms. The third-order valence-electron chi connectivity index (χ3n) is 2.59. The van der Waals surface area contributed by atoms with Gasteiger partial charge in [0.05, 0.1) is 0 Å². The zero-order valence-electron chi connectivity index (χ0n) is 9.62. The van der Waals surface area contributed by atoms with E-state index in [4.69, 9.17) is 15.9 Å². The lowest BCUT2D eigenvalue weighted by atomic mass is 9.90. The number of hydrogen-bond acceptors (Lipinski definition) is 5. The molecule has 0 aliphatic heterocycles. The van der Waals surface area contributed by atoms with Crippen molar-refractivity contribution in [1.82, 2.24) is 0 Å². The Morgan fingerprint density at radius 3 is 2.44 bits per heavy atom. The Bertz CT molecular complexity index is 521. The van der Waals surface area contributed by atoms with Gasteiger partial charge in [0, 0.05) is 12.0 Å². The van der Waals surface area contributed by atoms with Crippen LogP contribution in [0.1, 0.15) is 35.4 Å².